The molecule has 0 fully saturated rings. The summed E-state index contributed by atoms with van der Waals surface area (Å²) in [6.45, 7) is 5.22. The lowest BCUT2D eigenvalue weighted by Crippen LogP contribution is -2.34. The van der Waals surface area contributed by atoms with Gasteiger partial charge >= 0.3 is 0 Å². The van der Waals surface area contributed by atoms with E-state index in [0.717, 1.165) is 38.2 Å². The maximum Gasteiger partial charge on any atom is 0.138 e. The summed E-state index contributed by atoms with van der Waals surface area (Å²) in [4.78, 5) is 4.27. The Morgan fingerprint density at radius 3 is 2.84 bits per heavy atom. The molecule has 0 aromatic carbocycles. The van der Waals surface area contributed by atoms with Gasteiger partial charge in [-0.2, -0.15) is 5.10 Å². The smallest absolute Gasteiger partial charge is 0.138 e. The Balaban J connectivity index is 2.32. The molecule has 0 aliphatic rings. The van der Waals surface area contributed by atoms with Crippen LogP contribution >= 0.6 is 0 Å². The molecular formula is C13H26N4O2. The minimum atomic E-state index is 0.380. The summed E-state index contributed by atoms with van der Waals surface area (Å²) in [5, 5.41) is 7.63. The second kappa shape index (κ2) is 9.89. The highest BCUT2D eigenvalue weighted by Gasteiger charge is 2.12. The number of nitrogens with one attached hydrogen (secondary N) is 1. The minimum Gasteiger partial charge on any atom is -0.382 e. The number of ether oxygens (including phenoxy) is 2. The summed E-state index contributed by atoms with van der Waals surface area (Å²) >= 11 is 0. The van der Waals surface area contributed by atoms with Gasteiger partial charge in [-0.05, 0) is 19.4 Å². The van der Waals surface area contributed by atoms with Crippen molar-refractivity contribution in [3.63, 3.8) is 0 Å². The second-order valence-electron chi connectivity index (χ2n) is 4.55. The van der Waals surface area contributed by atoms with Crippen molar-refractivity contribution in [1.82, 2.24) is 20.1 Å². The minimum absolute atomic E-state index is 0.380. The van der Waals surface area contributed by atoms with Crippen LogP contribution in [0, 0.1) is 0 Å². The Morgan fingerprint density at radius 2 is 2.21 bits per heavy atom. The number of aryl methyl sites for hydroxylation is 1. The van der Waals surface area contributed by atoms with Crippen LogP contribution in [0.15, 0.2) is 6.33 Å². The molecule has 19 heavy (non-hydrogen) atoms. The summed E-state index contributed by atoms with van der Waals surface area (Å²) in [5.41, 5.74) is 0. The molecule has 0 bridgehead atoms. The van der Waals surface area contributed by atoms with Crippen molar-refractivity contribution in [2.75, 3.05) is 33.5 Å². The van der Waals surface area contributed by atoms with Crippen LogP contribution in [0.3, 0.4) is 0 Å². The summed E-state index contributed by atoms with van der Waals surface area (Å²) < 4.78 is 12.3. The van der Waals surface area contributed by atoms with E-state index in [1.54, 1.807) is 13.4 Å². The fourth-order valence-corrected chi connectivity index (χ4v) is 1.82. The van der Waals surface area contributed by atoms with E-state index in [2.05, 4.69) is 22.3 Å². The molecule has 0 aliphatic heterocycles. The average Bonchev–Trinajstić information content (AvgIpc) is 2.81. The number of methoxy groups -OCH3 is 1. The monoisotopic (exact) mass is 270 g/mol. The Kier molecular flexibility index (Phi) is 8.36. The van der Waals surface area contributed by atoms with Gasteiger partial charge in [-0.1, -0.05) is 6.92 Å². The Hall–Kier alpha value is -0.980. The predicted octanol–water partition coefficient (Wildman–Crippen LogP) is 0.779. The van der Waals surface area contributed by atoms with Crippen molar-refractivity contribution in [3.8, 4) is 0 Å². The van der Waals surface area contributed by atoms with E-state index < -0.39 is 0 Å². The van der Waals surface area contributed by atoms with Crippen molar-refractivity contribution in [2.45, 2.75) is 32.2 Å². The molecule has 6 heteroatoms. The molecule has 110 valence electrons. The molecule has 1 unspecified atom stereocenters. The SMILES string of the molecule is CCCNC(CCOCCOC)Cc1ncnn1C. The summed E-state index contributed by atoms with van der Waals surface area (Å²) in [5.74, 6) is 1.01. The molecule has 0 saturated carbocycles. The molecule has 0 amide bonds. The van der Waals surface area contributed by atoms with Crippen LogP contribution in [0.5, 0.6) is 0 Å². The third-order valence-electron chi connectivity index (χ3n) is 2.96. The highest BCUT2D eigenvalue weighted by molar-refractivity contribution is 4.89. The van der Waals surface area contributed by atoms with Crippen LogP contribution in [-0.4, -0.2) is 54.3 Å². The first kappa shape index (κ1) is 16.1. The van der Waals surface area contributed by atoms with Crippen molar-refractivity contribution < 1.29 is 9.47 Å². The Bertz CT molecular complexity index is 330. The zero-order valence-electron chi connectivity index (χ0n) is 12.3. The van der Waals surface area contributed by atoms with Gasteiger partial charge in [0.2, 0.25) is 0 Å². The molecule has 0 saturated heterocycles. The molecule has 0 aliphatic carbocycles. The van der Waals surface area contributed by atoms with Crippen LogP contribution in [0.25, 0.3) is 0 Å². The van der Waals surface area contributed by atoms with Crippen LogP contribution in [0.1, 0.15) is 25.6 Å². The van der Waals surface area contributed by atoms with Crippen LogP contribution in [0.4, 0.5) is 0 Å². The molecule has 1 atom stereocenters. The van der Waals surface area contributed by atoms with E-state index >= 15 is 0 Å². The average molecular weight is 270 g/mol. The molecular weight excluding hydrogens is 244 g/mol. The van der Waals surface area contributed by atoms with Gasteiger partial charge in [-0.15, -0.1) is 0 Å². The van der Waals surface area contributed by atoms with E-state index in [-0.39, 0.29) is 0 Å². The maximum absolute atomic E-state index is 5.53. The van der Waals surface area contributed by atoms with Gasteiger partial charge in [0.1, 0.15) is 12.2 Å². The first-order valence-corrected chi connectivity index (χ1v) is 6.90. The van der Waals surface area contributed by atoms with E-state index in [1.807, 2.05) is 11.7 Å². The molecule has 0 radical (unpaired) electrons. The molecule has 1 N–H and O–H groups in total. The third-order valence-corrected chi connectivity index (χ3v) is 2.96. The first-order valence-electron chi connectivity index (χ1n) is 6.90. The fourth-order valence-electron chi connectivity index (χ4n) is 1.82. The van der Waals surface area contributed by atoms with E-state index in [4.69, 9.17) is 9.47 Å². The quantitative estimate of drug-likeness (QED) is 0.602. The number of rotatable bonds is 11. The van der Waals surface area contributed by atoms with Crippen LogP contribution in [0.2, 0.25) is 0 Å². The lowest BCUT2D eigenvalue weighted by Gasteiger charge is -2.18. The second-order valence-corrected chi connectivity index (χ2v) is 4.55. The van der Waals surface area contributed by atoms with E-state index in [9.17, 15) is 0 Å². The predicted molar refractivity (Wildman–Crippen MR) is 74.1 cm³/mol. The topological polar surface area (TPSA) is 61.2 Å². The van der Waals surface area contributed by atoms with Crippen molar-refractivity contribution >= 4 is 0 Å². The van der Waals surface area contributed by atoms with Crippen LogP contribution in [-0.2, 0) is 22.9 Å². The normalized spacial score (nSPS) is 12.8. The molecule has 1 aromatic heterocycles. The molecule has 1 heterocycles. The van der Waals surface area contributed by atoms with Gasteiger partial charge < -0.3 is 14.8 Å². The van der Waals surface area contributed by atoms with E-state index in [0.29, 0.717) is 19.3 Å². The van der Waals surface area contributed by atoms with Crippen molar-refractivity contribution in [1.29, 1.82) is 0 Å². The number of aromatic nitrogens is 3. The van der Waals surface area contributed by atoms with Gasteiger partial charge in [0.25, 0.3) is 0 Å². The zero-order chi connectivity index (χ0) is 13.9. The Labute approximate surface area is 115 Å². The van der Waals surface area contributed by atoms with Crippen LogP contribution < -0.4 is 5.32 Å². The number of hydrogen-bond donors (Lipinski definition) is 1. The number of nitrogens with zero attached hydrogens (tertiary/aromatic N) is 3. The first-order chi connectivity index (χ1) is 9.27. The number of hydrogen-bond acceptors (Lipinski definition) is 5. The van der Waals surface area contributed by atoms with E-state index in [1.165, 1.54) is 0 Å². The van der Waals surface area contributed by atoms with Gasteiger partial charge in [0, 0.05) is 33.2 Å². The molecule has 0 spiro atoms. The summed E-state index contributed by atoms with van der Waals surface area (Å²) in [6, 6.07) is 0.380. The third kappa shape index (κ3) is 6.66. The van der Waals surface area contributed by atoms with Gasteiger partial charge in [-0.3, -0.25) is 4.68 Å². The molecule has 1 rings (SSSR count). The standard InChI is InChI=1S/C13H26N4O2/c1-4-6-14-12(5-7-19-9-8-18-3)10-13-15-11-16-17(13)2/h11-12,14H,4-10H2,1-3H3. The fraction of sp³-hybridized carbons (Fsp3) is 0.846. The maximum atomic E-state index is 5.53. The summed E-state index contributed by atoms with van der Waals surface area (Å²) in [6.07, 6.45) is 4.57. The zero-order valence-corrected chi connectivity index (χ0v) is 12.3. The van der Waals surface area contributed by atoms with Gasteiger partial charge in [-0.25, -0.2) is 4.98 Å². The molecule has 1 aromatic rings. The van der Waals surface area contributed by atoms with Gasteiger partial charge in [0.05, 0.1) is 13.2 Å². The highest BCUT2D eigenvalue weighted by Crippen LogP contribution is 2.03. The largest absolute Gasteiger partial charge is 0.382 e. The lowest BCUT2D eigenvalue weighted by molar-refractivity contribution is 0.0657. The molecule has 6 nitrogen and oxygen atoms in total. The summed E-state index contributed by atoms with van der Waals surface area (Å²) in [7, 11) is 3.61. The lowest BCUT2D eigenvalue weighted by atomic mass is 10.1. The Morgan fingerprint density at radius 1 is 1.37 bits per heavy atom. The van der Waals surface area contributed by atoms with Crippen molar-refractivity contribution in [3.05, 3.63) is 12.2 Å². The van der Waals surface area contributed by atoms with Crippen molar-refractivity contribution in [2.24, 2.45) is 7.05 Å². The highest BCUT2D eigenvalue weighted by atomic mass is 16.5. The van der Waals surface area contributed by atoms with Gasteiger partial charge in [0.15, 0.2) is 0 Å².